The van der Waals surface area contributed by atoms with Crippen molar-refractivity contribution < 1.29 is 4.92 Å². The number of hydrogen-bond donors (Lipinski definition) is 0. The second-order valence-corrected chi connectivity index (χ2v) is 3.68. The number of alkyl halides is 1. The van der Waals surface area contributed by atoms with E-state index in [-0.39, 0.29) is 11.7 Å². The summed E-state index contributed by atoms with van der Waals surface area (Å²) in [7, 11) is 0. The molecule has 0 aliphatic carbocycles. The first-order valence-corrected chi connectivity index (χ1v) is 4.82. The molecule has 0 fully saturated rings. The summed E-state index contributed by atoms with van der Waals surface area (Å²) in [5.74, 6) is 0.703. The summed E-state index contributed by atoms with van der Waals surface area (Å²) >= 11 is 5.64. The highest BCUT2D eigenvalue weighted by atomic mass is 35.5. The molecule has 14 heavy (non-hydrogen) atoms. The maximum atomic E-state index is 10.5. The summed E-state index contributed by atoms with van der Waals surface area (Å²) in [5, 5.41) is 14.4. The van der Waals surface area contributed by atoms with Gasteiger partial charge in [-0.05, 0) is 17.8 Å². The lowest BCUT2D eigenvalue weighted by Gasteiger charge is -2.02. The Bertz CT molecular complexity index is 337. The van der Waals surface area contributed by atoms with Gasteiger partial charge in [0, 0.05) is 5.88 Å². The first-order chi connectivity index (χ1) is 6.54. The third-order valence-corrected chi connectivity index (χ3v) is 2.38. The van der Waals surface area contributed by atoms with Crippen LogP contribution < -0.4 is 0 Å². The molecule has 1 unspecified atom stereocenters. The average molecular weight is 218 g/mol. The van der Waals surface area contributed by atoms with Gasteiger partial charge in [-0.1, -0.05) is 6.92 Å². The third-order valence-electron chi connectivity index (χ3n) is 1.85. The predicted octanol–water partition coefficient (Wildman–Crippen LogP) is 1.97. The summed E-state index contributed by atoms with van der Waals surface area (Å²) < 4.78 is 1.57. The Kier molecular flexibility index (Phi) is 3.46. The van der Waals surface area contributed by atoms with Crippen LogP contribution in [-0.2, 0) is 6.54 Å². The van der Waals surface area contributed by atoms with Crippen LogP contribution in [0.4, 0.5) is 5.82 Å². The number of nitro groups is 1. The molecule has 1 atom stereocenters. The van der Waals surface area contributed by atoms with Crippen molar-refractivity contribution in [3.05, 3.63) is 21.9 Å². The van der Waals surface area contributed by atoms with Crippen molar-refractivity contribution in [1.82, 2.24) is 9.78 Å². The van der Waals surface area contributed by atoms with Gasteiger partial charge in [-0.25, -0.2) is 0 Å². The molecule has 0 amide bonds. The molecule has 5 nitrogen and oxygen atoms in total. The molecular formula is C8H12ClN3O2. The highest BCUT2D eigenvalue weighted by Crippen LogP contribution is 2.15. The Hall–Kier alpha value is -1.10. The Balaban J connectivity index is 2.81. The van der Waals surface area contributed by atoms with E-state index in [1.165, 1.54) is 0 Å². The maximum Gasteiger partial charge on any atom is 0.392 e. The molecule has 1 rings (SSSR count). The zero-order valence-corrected chi connectivity index (χ0v) is 8.86. The van der Waals surface area contributed by atoms with Gasteiger partial charge in [0.1, 0.15) is 0 Å². The van der Waals surface area contributed by atoms with Crippen LogP contribution in [0, 0.1) is 23.0 Å². The van der Waals surface area contributed by atoms with Crippen molar-refractivity contribution in [3.8, 4) is 0 Å². The summed E-state index contributed by atoms with van der Waals surface area (Å²) in [6.07, 6.45) is 1.67. The molecule has 6 heteroatoms. The molecule has 0 spiro atoms. The van der Waals surface area contributed by atoms with Crippen LogP contribution in [0.25, 0.3) is 0 Å². The SMILES string of the molecule is Cc1cn(CC(C)CCl)nc1[N+](=O)[O-]. The highest BCUT2D eigenvalue weighted by molar-refractivity contribution is 6.18. The van der Waals surface area contributed by atoms with Gasteiger partial charge in [-0.3, -0.25) is 0 Å². The molecule has 1 aromatic heterocycles. The topological polar surface area (TPSA) is 61.0 Å². The van der Waals surface area contributed by atoms with Crippen molar-refractivity contribution in [3.63, 3.8) is 0 Å². The quantitative estimate of drug-likeness (QED) is 0.440. The number of nitrogens with zero attached hydrogens (tertiary/aromatic N) is 3. The van der Waals surface area contributed by atoms with Gasteiger partial charge in [0.25, 0.3) is 0 Å². The molecule has 0 aliphatic rings. The monoisotopic (exact) mass is 217 g/mol. The van der Waals surface area contributed by atoms with E-state index < -0.39 is 4.92 Å². The van der Waals surface area contributed by atoms with E-state index >= 15 is 0 Å². The highest BCUT2D eigenvalue weighted by Gasteiger charge is 2.17. The van der Waals surface area contributed by atoms with E-state index in [9.17, 15) is 10.1 Å². The number of rotatable bonds is 4. The Labute approximate surface area is 86.8 Å². The molecule has 0 saturated heterocycles. The van der Waals surface area contributed by atoms with Gasteiger partial charge >= 0.3 is 5.82 Å². The van der Waals surface area contributed by atoms with E-state index in [0.717, 1.165) is 0 Å². The molecular weight excluding hydrogens is 206 g/mol. The lowest BCUT2D eigenvalue weighted by Crippen LogP contribution is -2.09. The minimum atomic E-state index is -0.475. The maximum absolute atomic E-state index is 10.5. The van der Waals surface area contributed by atoms with Crippen molar-refractivity contribution in [2.75, 3.05) is 5.88 Å². The Morgan fingerprint density at radius 2 is 2.43 bits per heavy atom. The minimum absolute atomic E-state index is 0.0771. The van der Waals surface area contributed by atoms with Gasteiger partial charge in [0.2, 0.25) is 0 Å². The summed E-state index contributed by atoms with van der Waals surface area (Å²) in [5.41, 5.74) is 0.580. The molecule has 0 bridgehead atoms. The second-order valence-electron chi connectivity index (χ2n) is 3.37. The normalized spacial score (nSPS) is 12.8. The summed E-state index contributed by atoms with van der Waals surface area (Å²) in [6.45, 7) is 4.25. The number of aromatic nitrogens is 2. The summed E-state index contributed by atoms with van der Waals surface area (Å²) in [6, 6.07) is 0. The zero-order chi connectivity index (χ0) is 10.7. The van der Waals surface area contributed by atoms with E-state index in [0.29, 0.717) is 18.0 Å². The molecule has 0 saturated carbocycles. The fourth-order valence-electron chi connectivity index (χ4n) is 1.15. The van der Waals surface area contributed by atoms with Crippen molar-refractivity contribution >= 4 is 17.4 Å². The molecule has 78 valence electrons. The molecule has 0 N–H and O–H groups in total. The lowest BCUT2D eigenvalue weighted by atomic mass is 10.2. The Morgan fingerprint density at radius 1 is 1.79 bits per heavy atom. The predicted molar refractivity (Wildman–Crippen MR) is 53.5 cm³/mol. The molecule has 1 aromatic rings. The van der Waals surface area contributed by atoms with Crippen LogP contribution in [0.15, 0.2) is 6.20 Å². The first-order valence-electron chi connectivity index (χ1n) is 4.29. The first kappa shape index (κ1) is 11.0. The zero-order valence-electron chi connectivity index (χ0n) is 8.11. The van der Waals surface area contributed by atoms with Crippen LogP contribution in [0.1, 0.15) is 12.5 Å². The number of aryl methyl sites for hydroxylation is 1. The largest absolute Gasteiger partial charge is 0.392 e. The minimum Gasteiger partial charge on any atom is -0.358 e. The van der Waals surface area contributed by atoms with E-state index in [1.807, 2.05) is 6.92 Å². The third kappa shape index (κ3) is 2.45. The van der Waals surface area contributed by atoms with Gasteiger partial charge in [-0.15, -0.1) is 11.6 Å². The van der Waals surface area contributed by atoms with E-state index in [1.54, 1.807) is 17.8 Å². The van der Waals surface area contributed by atoms with Crippen LogP contribution in [0.2, 0.25) is 0 Å². The van der Waals surface area contributed by atoms with Crippen LogP contribution in [0.3, 0.4) is 0 Å². The van der Waals surface area contributed by atoms with Crippen LogP contribution >= 0.6 is 11.6 Å². The molecule has 0 aliphatic heterocycles. The molecule has 1 heterocycles. The van der Waals surface area contributed by atoms with Crippen molar-refractivity contribution in [2.45, 2.75) is 20.4 Å². The van der Waals surface area contributed by atoms with Crippen molar-refractivity contribution in [1.29, 1.82) is 0 Å². The van der Waals surface area contributed by atoms with Gasteiger partial charge in [0.15, 0.2) is 0 Å². The standard InChI is InChI=1S/C8H12ClN3O2/c1-6(3-9)4-11-5-7(2)8(10-11)12(13)14/h5-6H,3-4H2,1-2H3. The van der Waals surface area contributed by atoms with Crippen molar-refractivity contribution in [2.24, 2.45) is 5.92 Å². The van der Waals surface area contributed by atoms with E-state index in [4.69, 9.17) is 11.6 Å². The average Bonchev–Trinajstić information content (AvgIpc) is 2.46. The molecule has 0 aromatic carbocycles. The smallest absolute Gasteiger partial charge is 0.358 e. The molecule has 0 radical (unpaired) electrons. The number of halogens is 1. The van der Waals surface area contributed by atoms with E-state index in [2.05, 4.69) is 5.10 Å². The lowest BCUT2D eigenvalue weighted by molar-refractivity contribution is -0.390. The fraction of sp³-hybridized carbons (Fsp3) is 0.625. The van der Waals surface area contributed by atoms with Gasteiger partial charge < -0.3 is 10.1 Å². The van der Waals surface area contributed by atoms with Gasteiger partial charge in [0.05, 0.1) is 23.4 Å². The summed E-state index contributed by atoms with van der Waals surface area (Å²) in [4.78, 5) is 10.0. The number of hydrogen-bond acceptors (Lipinski definition) is 3. The Morgan fingerprint density at radius 3 is 2.86 bits per heavy atom. The second kappa shape index (κ2) is 4.41. The van der Waals surface area contributed by atoms with Crippen LogP contribution in [0.5, 0.6) is 0 Å². The fourth-order valence-corrected chi connectivity index (χ4v) is 1.25. The van der Waals surface area contributed by atoms with Crippen LogP contribution in [-0.4, -0.2) is 20.6 Å². The van der Waals surface area contributed by atoms with Gasteiger partial charge in [-0.2, -0.15) is 4.68 Å².